The molecule has 0 radical (unpaired) electrons. The largest absolute Gasteiger partial charge is 0.265 e. The summed E-state index contributed by atoms with van der Waals surface area (Å²) in [5.41, 5.74) is 10.5. The van der Waals surface area contributed by atoms with Crippen LogP contribution >= 0.6 is 0 Å². The first-order chi connectivity index (χ1) is 21.8. The summed E-state index contributed by atoms with van der Waals surface area (Å²) in [5, 5.41) is 8.80. The van der Waals surface area contributed by atoms with E-state index in [2.05, 4.69) is 130 Å². The first kappa shape index (κ1) is 24.6. The third kappa shape index (κ3) is 3.94. The second-order valence-electron chi connectivity index (χ2n) is 11.3. The average Bonchev–Trinajstić information content (AvgIpc) is 3.10. The molecule has 9 aromatic rings. The molecule has 0 unspecified atom stereocenters. The van der Waals surface area contributed by atoms with Gasteiger partial charge in [0.25, 0.3) is 0 Å². The van der Waals surface area contributed by atoms with Gasteiger partial charge in [-0.15, -0.1) is 0 Å². The topological polar surface area (TPSA) is 38.7 Å². The van der Waals surface area contributed by atoms with Crippen LogP contribution in [0.5, 0.6) is 0 Å². The molecule has 0 bridgehead atoms. The predicted molar refractivity (Wildman–Crippen MR) is 183 cm³/mol. The Labute approximate surface area is 254 Å². The maximum absolute atomic E-state index is 4.53. The second kappa shape index (κ2) is 9.82. The summed E-state index contributed by atoms with van der Waals surface area (Å²) in [6.45, 7) is 0. The molecule has 6 aromatic carbocycles. The molecule has 0 atom stereocenters. The third-order valence-corrected chi connectivity index (χ3v) is 8.85. The van der Waals surface area contributed by atoms with Gasteiger partial charge in [0, 0.05) is 36.4 Å². The molecule has 0 aliphatic rings. The molecule has 0 saturated heterocycles. The lowest BCUT2D eigenvalue weighted by atomic mass is 9.86. The van der Waals surface area contributed by atoms with Crippen LogP contribution in [0, 0.1) is 0 Å². The van der Waals surface area contributed by atoms with E-state index in [-0.39, 0.29) is 0 Å². The van der Waals surface area contributed by atoms with Crippen molar-refractivity contribution in [2.24, 2.45) is 0 Å². The zero-order chi connectivity index (χ0) is 29.0. The maximum Gasteiger partial charge on any atom is 0.0702 e. The lowest BCUT2D eigenvalue weighted by Crippen LogP contribution is -1.91. The number of hydrogen-bond acceptors (Lipinski definition) is 3. The fourth-order valence-corrected chi connectivity index (χ4v) is 6.75. The van der Waals surface area contributed by atoms with Gasteiger partial charge >= 0.3 is 0 Å². The molecule has 0 saturated carbocycles. The molecule has 0 amide bonds. The Morgan fingerprint density at radius 2 is 0.886 bits per heavy atom. The molecule has 9 rings (SSSR count). The summed E-state index contributed by atoms with van der Waals surface area (Å²) >= 11 is 0. The van der Waals surface area contributed by atoms with Crippen molar-refractivity contribution in [3.05, 3.63) is 152 Å². The molecular weight excluding hydrogens is 534 g/mol. The highest BCUT2D eigenvalue weighted by molar-refractivity contribution is 6.27. The fourth-order valence-electron chi connectivity index (χ4n) is 6.75. The minimum Gasteiger partial charge on any atom is -0.265 e. The molecule has 44 heavy (non-hydrogen) atoms. The molecule has 3 aromatic heterocycles. The maximum atomic E-state index is 4.53. The molecule has 3 heterocycles. The van der Waals surface area contributed by atoms with Gasteiger partial charge in [0.2, 0.25) is 0 Å². The Morgan fingerprint density at radius 1 is 0.341 bits per heavy atom. The van der Waals surface area contributed by atoms with Gasteiger partial charge in [0.05, 0.1) is 5.52 Å². The predicted octanol–water partition coefficient (Wildman–Crippen LogP) is 10.6. The summed E-state index contributed by atoms with van der Waals surface area (Å²) < 4.78 is 0. The Bertz CT molecular complexity index is 2430. The van der Waals surface area contributed by atoms with Gasteiger partial charge in [0.1, 0.15) is 0 Å². The molecule has 3 heteroatoms. The van der Waals surface area contributed by atoms with Gasteiger partial charge in [-0.3, -0.25) is 15.0 Å². The van der Waals surface area contributed by atoms with E-state index in [1.807, 2.05) is 37.1 Å². The normalized spacial score (nSPS) is 11.6. The van der Waals surface area contributed by atoms with E-state index < -0.39 is 0 Å². The summed E-state index contributed by atoms with van der Waals surface area (Å²) in [4.78, 5) is 13.0. The van der Waals surface area contributed by atoms with Crippen molar-refractivity contribution in [2.75, 3.05) is 0 Å². The summed E-state index contributed by atoms with van der Waals surface area (Å²) in [7, 11) is 0. The van der Waals surface area contributed by atoms with E-state index in [1.165, 1.54) is 54.6 Å². The zero-order valence-electron chi connectivity index (χ0n) is 23.8. The van der Waals surface area contributed by atoms with Gasteiger partial charge < -0.3 is 0 Å². The van der Waals surface area contributed by atoms with Crippen molar-refractivity contribution in [2.45, 2.75) is 0 Å². The van der Waals surface area contributed by atoms with Crippen LogP contribution in [-0.2, 0) is 0 Å². The highest BCUT2D eigenvalue weighted by atomic mass is 14.6. The van der Waals surface area contributed by atoms with Gasteiger partial charge in [-0.25, -0.2) is 0 Å². The van der Waals surface area contributed by atoms with Crippen molar-refractivity contribution in [3.63, 3.8) is 0 Å². The van der Waals surface area contributed by atoms with E-state index in [0.717, 1.165) is 33.2 Å². The second-order valence-corrected chi connectivity index (χ2v) is 11.3. The Morgan fingerprint density at radius 3 is 1.50 bits per heavy atom. The highest BCUT2D eigenvalue weighted by Gasteiger charge is 2.16. The van der Waals surface area contributed by atoms with Crippen molar-refractivity contribution in [1.82, 2.24) is 15.0 Å². The van der Waals surface area contributed by atoms with Crippen molar-refractivity contribution < 1.29 is 0 Å². The number of pyridine rings is 3. The average molecular weight is 560 g/mol. The molecule has 0 N–H and O–H groups in total. The van der Waals surface area contributed by atoms with Crippen LogP contribution in [0.15, 0.2) is 152 Å². The number of aromatic nitrogens is 3. The number of benzene rings is 6. The minimum absolute atomic E-state index is 1.01. The quantitative estimate of drug-likeness (QED) is 0.201. The van der Waals surface area contributed by atoms with Crippen LogP contribution in [0.25, 0.3) is 87.7 Å². The monoisotopic (exact) mass is 559 g/mol. The smallest absolute Gasteiger partial charge is 0.0702 e. The van der Waals surface area contributed by atoms with Crippen molar-refractivity contribution in [1.29, 1.82) is 0 Å². The number of nitrogens with zero attached hydrogens (tertiary/aromatic N) is 3. The lowest BCUT2D eigenvalue weighted by Gasteiger charge is -2.18. The Kier molecular flexibility index (Phi) is 5.50. The zero-order valence-corrected chi connectivity index (χ0v) is 23.8. The molecule has 0 aliphatic heterocycles. The van der Waals surface area contributed by atoms with E-state index in [1.54, 1.807) is 0 Å². The standard InChI is InChI=1S/C41H25N3/c1-2-31-22-30(7-12-39(31)44-17-1)35-8-3-28-6-11-38-36(9-4-29-5-10-37(35)40(28)41(29)38)34-24-32(26-13-18-42-19-14-26)23-33(25-34)27-15-20-43-21-16-27/h1-25H. The number of fused-ring (bicyclic) bond motifs is 1. The summed E-state index contributed by atoms with van der Waals surface area (Å²) in [6.07, 6.45) is 9.27. The summed E-state index contributed by atoms with van der Waals surface area (Å²) in [6, 6.07) is 44.1. The molecule has 3 nitrogen and oxygen atoms in total. The van der Waals surface area contributed by atoms with E-state index in [4.69, 9.17) is 0 Å². The van der Waals surface area contributed by atoms with Gasteiger partial charge in [0.15, 0.2) is 0 Å². The molecular formula is C41H25N3. The van der Waals surface area contributed by atoms with Crippen LogP contribution < -0.4 is 0 Å². The first-order valence-electron chi connectivity index (χ1n) is 14.8. The summed E-state index contributed by atoms with van der Waals surface area (Å²) in [5.74, 6) is 0. The first-order valence-corrected chi connectivity index (χ1v) is 14.8. The van der Waals surface area contributed by atoms with Crippen LogP contribution in [-0.4, -0.2) is 15.0 Å². The minimum atomic E-state index is 1.01. The Hall–Kier alpha value is -5.93. The number of hydrogen-bond donors (Lipinski definition) is 0. The van der Waals surface area contributed by atoms with Crippen LogP contribution in [0.1, 0.15) is 0 Å². The van der Waals surface area contributed by atoms with Crippen molar-refractivity contribution >= 4 is 43.2 Å². The fraction of sp³-hybridized carbons (Fsp3) is 0. The van der Waals surface area contributed by atoms with E-state index in [9.17, 15) is 0 Å². The van der Waals surface area contributed by atoms with Crippen LogP contribution in [0.3, 0.4) is 0 Å². The molecule has 0 spiro atoms. The molecule has 0 aliphatic carbocycles. The van der Waals surface area contributed by atoms with E-state index in [0.29, 0.717) is 0 Å². The van der Waals surface area contributed by atoms with Crippen LogP contribution in [0.2, 0.25) is 0 Å². The molecule has 0 fully saturated rings. The van der Waals surface area contributed by atoms with Crippen LogP contribution in [0.4, 0.5) is 0 Å². The Balaban J connectivity index is 1.30. The van der Waals surface area contributed by atoms with Crippen molar-refractivity contribution in [3.8, 4) is 44.5 Å². The van der Waals surface area contributed by atoms with Gasteiger partial charge in [-0.2, -0.15) is 0 Å². The number of rotatable bonds is 4. The highest BCUT2D eigenvalue weighted by Crippen LogP contribution is 2.43. The van der Waals surface area contributed by atoms with Gasteiger partial charge in [-0.1, -0.05) is 60.7 Å². The van der Waals surface area contributed by atoms with Gasteiger partial charge in [-0.05, 0) is 137 Å². The van der Waals surface area contributed by atoms with E-state index >= 15 is 0 Å². The lowest BCUT2D eigenvalue weighted by molar-refractivity contribution is 1.33. The third-order valence-electron chi connectivity index (χ3n) is 8.85. The SMILES string of the molecule is c1cnc2ccc(-c3ccc4ccc5c(-c6cc(-c7ccncc7)cc(-c7ccncc7)c6)ccc6ccc3c4c65)cc2c1. The molecule has 204 valence electrons.